The summed E-state index contributed by atoms with van der Waals surface area (Å²) in [6.45, 7) is 6.57. The van der Waals surface area contributed by atoms with Gasteiger partial charge < -0.3 is 20.7 Å². The van der Waals surface area contributed by atoms with E-state index in [9.17, 15) is 4.79 Å². The van der Waals surface area contributed by atoms with Crippen LogP contribution in [0, 0.1) is 11.8 Å². The Hall–Kier alpha value is -1.46. The van der Waals surface area contributed by atoms with Gasteiger partial charge in [-0.05, 0) is 30.4 Å². The molecule has 2 atom stereocenters. The van der Waals surface area contributed by atoms with Gasteiger partial charge in [-0.3, -0.25) is 4.79 Å². The number of hydrogen-bond acceptors (Lipinski definition) is 4. The van der Waals surface area contributed by atoms with Gasteiger partial charge in [0.15, 0.2) is 0 Å². The highest BCUT2D eigenvalue weighted by molar-refractivity contribution is 5.85. The van der Waals surface area contributed by atoms with Crippen LogP contribution in [0.25, 0.3) is 0 Å². The Kier molecular flexibility index (Phi) is 7.65. The first-order valence-corrected chi connectivity index (χ1v) is 7.93. The Morgan fingerprint density at radius 2 is 2.22 bits per heavy atom. The molecule has 23 heavy (non-hydrogen) atoms. The van der Waals surface area contributed by atoms with Gasteiger partial charge in [-0.1, -0.05) is 19.9 Å². The molecule has 5 nitrogen and oxygen atoms in total. The fraction of sp³-hybridized carbons (Fsp3) is 0.588. The largest absolute Gasteiger partial charge is 0.497 e. The highest BCUT2D eigenvalue weighted by atomic mass is 35.5. The third kappa shape index (κ3) is 5.29. The molecule has 0 saturated carbocycles. The minimum atomic E-state index is -0.420. The highest BCUT2D eigenvalue weighted by Crippen LogP contribution is 2.26. The van der Waals surface area contributed by atoms with Crippen molar-refractivity contribution in [1.29, 1.82) is 0 Å². The Bertz CT molecular complexity index is 510. The van der Waals surface area contributed by atoms with Crippen LogP contribution in [0.1, 0.15) is 20.3 Å². The molecule has 6 heteroatoms. The minimum absolute atomic E-state index is 0. The van der Waals surface area contributed by atoms with Crippen molar-refractivity contribution < 1.29 is 9.53 Å². The molecule has 0 aliphatic carbocycles. The Morgan fingerprint density at radius 3 is 2.87 bits per heavy atom. The monoisotopic (exact) mass is 341 g/mol. The van der Waals surface area contributed by atoms with Crippen LogP contribution >= 0.6 is 12.4 Å². The van der Waals surface area contributed by atoms with Crippen LogP contribution in [-0.4, -0.2) is 38.7 Å². The first-order valence-electron chi connectivity index (χ1n) is 7.93. The molecular weight excluding hydrogens is 314 g/mol. The molecule has 1 fully saturated rings. The molecule has 1 saturated heterocycles. The van der Waals surface area contributed by atoms with Gasteiger partial charge >= 0.3 is 0 Å². The standard InChI is InChI=1S/C17H27N3O2.ClH/c1-12(2)16(18)17(21)19-10-13-7-8-20(11-13)14-5-4-6-15(9-14)22-3;/h4-6,9,12-13,16H,7-8,10-11,18H2,1-3H3,(H,19,21);1H/t13?,16-;/m0./s1. The lowest BCUT2D eigenvalue weighted by Crippen LogP contribution is -2.45. The highest BCUT2D eigenvalue weighted by Gasteiger charge is 2.24. The Labute approximate surface area is 145 Å². The Morgan fingerprint density at radius 1 is 1.48 bits per heavy atom. The van der Waals surface area contributed by atoms with E-state index >= 15 is 0 Å². The van der Waals surface area contributed by atoms with Gasteiger partial charge in [0.25, 0.3) is 0 Å². The van der Waals surface area contributed by atoms with Crippen molar-refractivity contribution in [2.75, 3.05) is 31.6 Å². The first-order chi connectivity index (χ1) is 10.5. The molecule has 2 rings (SSSR count). The van der Waals surface area contributed by atoms with Crippen molar-refractivity contribution in [1.82, 2.24) is 5.32 Å². The second-order valence-corrected chi connectivity index (χ2v) is 6.32. The van der Waals surface area contributed by atoms with Crippen molar-refractivity contribution in [2.24, 2.45) is 17.6 Å². The number of nitrogens with two attached hydrogens (primary N) is 1. The van der Waals surface area contributed by atoms with Crippen LogP contribution < -0.4 is 20.7 Å². The van der Waals surface area contributed by atoms with E-state index in [1.165, 1.54) is 5.69 Å². The second kappa shape index (κ2) is 8.99. The number of hydrogen-bond donors (Lipinski definition) is 2. The summed E-state index contributed by atoms with van der Waals surface area (Å²) in [6.07, 6.45) is 1.08. The number of anilines is 1. The number of amides is 1. The van der Waals surface area contributed by atoms with Crippen molar-refractivity contribution in [2.45, 2.75) is 26.3 Å². The summed E-state index contributed by atoms with van der Waals surface area (Å²) in [6, 6.07) is 7.68. The molecule has 0 spiro atoms. The van der Waals surface area contributed by atoms with E-state index in [2.05, 4.69) is 22.3 Å². The smallest absolute Gasteiger partial charge is 0.237 e. The third-order valence-electron chi connectivity index (χ3n) is 4.29. The van der Waals surface area contributed by atoms with E-state index in [1.807, 2.05) is 26.0 Å². The third-order valence-corrected chi connectivity index (χ3v) is 4.29. The number of carbonyl (C=O) groups is 1. The van der Waals surface area contributed by atoms with Crippen molar-refractivity contribution in [3.8, 4) is 5.75 Å². The fourth-order valence-electron chi connectivity index (χ4n) is 2.71. The molecule has 1 amide bonds. The summed E-state index contributed by atoms with van der Waals surface area (Å²) in [5.74, 6) is 1.46. The quantitative estimate of drug-likeness (QED) is 0.831. The summed E-state index contributed by atoms with van der Waals surface area (Å²) in [7, 11) is 1.68. The maximum atomic E-state index is 11.9. The lowest BCUT2D eigenvalue weighted by atomic mass is 10.0. The van der Waals surface area contributed by atoms with Gasteiger partial charge in [0.1, 0.15) is 5.75 Å². The molecule has 130 valence electrons. The van der Waals surface area contributed by atoms with Crippen LogP contribution in [-0.2, 0) is 4.79 Å². The van der Waals surface area contributed by atoms with Gasteiger partial charge in [0, 0.05) is 31.4 Å². The minimum Gasteiger partial charge on any atom is -0.497 e. The van der Waals surface area contributed by atoms with Crippen LogP contribution in [0.4, 0.5) is 5.69 Å². The van der Waals surface area contributed by atoms with Gasteiger partial charge in [-0.2, -0.15) is 0 Å². The predicted octanol–water partition coefficient (Wildman–Crippen LogP) is 2.04. The SMILES string of the molecule is COc1cccc(N2CCC(CNC(=O)[C@@H](N)C(C)C)C2)c1.Cl. The zero-order valence-corrected chi connectivity index (χ0v) is 14.9. The van der Waals surface area contributed by atoms with Crippen LogP contribution in [0.3, 0.4) is 0 Å². The van der Waals surface area contributed by atoms with Gasteiger partial charge in [-0.15, -0.1) is 12.4 Å². The molecule has 0 radical (unpaired) electrons. The van der Waals surface area contributed by atoms with Crippen molar-refractivity contribution in [3.05, 3.63) is 24.3 Å². The molecular formula is C17H28ClN3O2. The fourth-order valence-corrected chi connectivity index (χ4v) is 2.71. The summed E-state index contributed by atoms with van der Waals surface area (Å²) >= 11 is 0. The lowest BCUT2D eigenvalue weighted by molar-refractivity contribution is -0.123. The number of rotatable bonds is 6. The summed E-state index contributed by atoms with van der Waals surface area (Å²) in [5.41, 5.74) is 7.03. The van der Waals surface area contributed by atoms with Crippen molar-refractivity contribution in [3.63, 3.8) is 0 Å². The first kappa shape index (κ1) is 19.6. The maximum Gasteiger partial charge on any atom is 0.237 e. The molecule has 0 bridgehead atoms. The molecule has 1 aliphatic heterocycles. The Balaban J connectivity index is 0.00000264. The number of halogens is 1. The zero-order chi connectivity index (χ0) is 16.1. The molecule has 1 unspecified atom stereocenters. The van der Waals surface area contributed by atoms with E-state index in [1.54, 1.807) is 7.11 Å². The summed E-state index contributed by atoms with van der Waals surface area (Å²) in [4.78, 5) is 14.2. The molecule has 0 aromatic heterocycles. The number of benzene rings is 1. The van der Waals surface area contributed by atoms with E-state index in [0.717, 1.165) is 25.3 Å². The molecule has 1 heterocycles. The lowest BCUT2D eigenvalue weighted by Gasteiger charge is -2.20. The van der Waals surface area contributed by atoms with Crippen molar-refractivity contribution >= 4 is 24.0 Å². The number of carbonyl (C=O) groups excluding carboxylic acids is 1. The second-order valence-electron chi connectivity index (χ2n) is 6.32. The average Bonchev–Trinajstić information content (AvgIpc) is 3.00. The number of methoxy groups -OCH3 is 1. The number of ether oxygens (including phenoxy) is 1. The number of nitrogens with one attached hydrogen (secondary N) is 1. The van der Waals surface area contributed by atoms with E-state index in [-0.39, 0.29) is 24.2 Å². The maximum absolute atomic E-state index is 11.9. The van der Waals surface area contributed by atoms with Gasteiger partial charge in [0.2, 0.25) is 5.91 Å². The molecule has 1 aliphatic rings. The molecule has 1 aromatic rings. The van der Waals surface area contributed by atoms with Crippen LogP contribution in [0.15, 0.2) is 24.3 Å². The average molecular weight is 342 g/mol. The van der Waals surface area contributed by atoms with E-state index in [4.69, 9.17) is 10.5 Å². The van der Waals surface area contributed by atoms with Gasteiger partial charge in [0.05, 0.1) is 13.2 Å². The normalized spacial score (nSPS) is 18.5. The zero-order valence-electron chi connectivity index (χ0n) is 14.1. The van der Waals surface area contributed by atoms with Crippen LogP contribution in [0.5, 0.6) is 5.75 Å². The van der Waals surface area contributed by atoms with E-state index < -0.39 is 6.04 Å². The van der Waals surface area contributed by atoms with E-state index in [0.29, 0.717) is 12.5 Å². The molecule has 1 aromatic carbocycles. The topological polar surface area (TPSA) is 67.6 Å². The predicted molar refractivity (Wildman–Crippen MR) is 96.4 cm³/mol. The summed E-state index contributed by atoms with van der Waals surface area (Å²) in [5, 5.41) is 2.98. The van der Waals surface area contributed by atoms with Gasteiger partial charge in [-0.25, -0.2) is 0 Å². The number of nitrogens with zero attached hydrogens (tertiary/aromatic N) is 1. The summed E-state index contributed by atoms with van der Waals surface area (Å²) < 4.78 is 5.27. The molecule has 3 N–H and O–H groups in total. The van der Waals surface area contributed by atoms with Crippen LogP contribution in [0.2, 0.25) is 0 Å².